The number of allylic oxidation sites excluding steroid dienone is 1. The first kappa shape index (κ1) is 22.0. The van der Waals surface area contributed by atoms with Crippen molar-refractivity contribution in [2.75, 3.05) is 18.0 Å². The van der Waals surface area contributed by atoms with Gasteiger partial charge in [0.2, 0.25) is 0 Å². The second-order valence-corrected chi connectivity index (χ2v) is 8.49. The van der Waals surface area contributed by atoms with Crippen LogP contribution in [0.5, 0.6) is 0 Å². The van der Waals surface area contributed by atoms with E-state index in [0.29, 0.717) is 18.1 Å². The van der Waals surface area contributed by atoms with Crippen LogP contribution >= 0.6 is 0 Å². The van der Waals surface area contributed by atoms with Crippen molar-refractivity contribution < 1.29 is 4.21 Å². The van der Waals surface area contributed by atoms with Crippen LogP contribution in [-0.4, -0.2) is 50.6 Å². The Morgan fingerprint density at radius 1 is 1.09 bits per heavy atom. The van der Waals surface area contributed by atoms with Crippen LogP contribution in [0.3, 0.4) is 0 Å². The van der Waals surface area contributed by atoms with Gasteiger partial charge in [0.1, 0.15) is 17.1 Å². The zero-order valence-corrected chi connectivity index (χ0v) is 18.9. The summed E-state index contributed by atoms with van der Waals surface area (Å²) in [6, 6.07) is 9.84. The van der Waals surface area contributed by atoms with Crippen molar-refractivity contribution in [2.24, 2.45) is 13.8 Å². The summed E-state index contributed by atoms with van der Waals surface area (Å²) in [5.41, 5.74) is 1.04. The molecule has 2 aromatic heterocycles. The average molecular weight is 450 g/mol. The molecule has 4 heterocycles. The summed E-state index contributed by atoms with van der Waals surface area (Å²) in [5, 5.41) is 3.30. The number of rotatable bonds is 10. The molecule has 4 rings (SSSR count). The van der Waals surface area contributed by atoms with E-state index in [0.717, 1.165) is 43.7 Å². The van der Waals surface area contributed by atoms with E-state index in [2.05, 4.69) is 35.9 Å². The minimum absolute atomic E-state index is 0.541. The van der Waals surface area contributed by atoms with Gasteiger partial charge in [-0.1, -0.05) is 13.0 Å². The molecule has 0 aliphatic carbocycles. The molecule has 0 spiro atoms. The Morgan fingerprint density at radius 3 is 2.69 bits per heavy atom. The number of hydrogen-bond donors (Lipinski definition) is 1. The van der Waals surface area contributed by atoms with Crippen LogP contribution < -0.4 is 10.2 Å². The molecule has 2 aliphatic rings. The van der Waals surface area contributed by atoms with Crippen molar-refractivity contribution in [2.45, 2.75) is 38.3 Å². The van der Waals surface area contributed by atoms with Gasteiger partial charge in [-0.05, 0) is 61.2 Å². The summed E-state index contributed by atoms with van der Waals surface area (Å²) in [7, 11) is 0. The molecule has 0 radical (unpaired) electrons. The number of pyridine rings is 2. The highest BCUT2D eigenvalue weighted by Gasteiger charge is 2.40. The van der Waals surface area contributed by atoms with E-state index in [1.807, 2.05) is 48.7 Å². The van der Waals surface area contributed by atoms with Crippen LogP contribution in [0.4, 0.5) is 5.82 Å². The van der Waals surface area contributed by atoms with E-state index in [4.69, 9.17) is 4.99 Å². The monoisotopic (exact) mass is 449 g/mol. The molecule has 2 unspecified atom stereocenters. The first-order valence-corrected chi connectivity index (χ1v) is 11.9. The molecule has 0 saturated heterocycles. The fourth-order valence-electron chi connectivity index (χ4n) is 3.87. The first-order valence-electron chi connectivity index (χ1n) is 10.8. The third-order valence-electron chi connectivity index (χ3n) is 5.40. The topological polar surface area (TPSA) is 95.2 Å². The molecule has 9 heteroatoms. The summed E-state index contributed by atoms with van der Waals surface area (Å²) < 4.78 is 20.8. The van der Waals surface area contributed by atoms with Gasteiger partial charge in [0.25, 0.3) is 11.2 Å². The minimum atomic E-state index is -1.64. The fourth-order valence-corrected chi connectivity index (χ4v) is 4.62. The van der Waals surface area contributed by atoms with Gasteiger partial charge in [0.15, 0.2) is 5.84 Å². The van der Waals surface area contributed by atoms with Crippen molar-refractivity contribution in [3.05, 3.63) is 66.6 Å². The van der Waals surface area contributed by atoms with Gasteiger partial charge in [-0.25, -0.2) is 9.19 Å². The lowest BCUT2D eigenvalue weighted by Gasteiger charge is -2.28. The number of hydrogen-bond acceptors (Lipinski definition) is 6. The number of nitrogens with zero attached hydrogens (tertiary/aromatic N) is 6. The first-order chi connectivity index (χ1) is 15.7. The number of aromatic nitrogens is 2. The Bertz CT molecular complexity index is 1040. The lowest BCUT2D eigenvalue weighted by atomic mass is 9.88. The maximum Gasteiger partial charge on any atom is 0.268 e. The van der Waals surface area contributed by atoms with Gasteiger partial charge in [0.05, 0.1) is 0 Å². The predicted octanol–water partition coefficient (Wildman–Crippen LogP) is 3.07. The van der Waals surface area contributed by atoms with Gasteiger partial charge >= 0.3 is 0 Å². The van der Waals surface area contributed by atoms with Crippen molar-refractivity contribution in [1.29, 1.82) is 0 Å². The highest BCUT2D eigenvalue weighted by molar-refractivity contribution is 7.83. The van der Waals surface area contributed by atoms with E-state index < -0.39 is 16.7 Å². The molecular formula is C23H27N7OS. The zero-order chi connectivity index (χ0) is 22.2. The molecule has 0 aromatic carbocycles. The number of amidine groups is 1. The Balaban J connectivity index is 1.45. The van der Waals surface area contributed by atoms with Crippen LogP contribution in [0.25, 0.3) is 0 Å². The maximum atomic E-state index is 12.2. The van der Waals surface area contributed by atoms with Crippen LogP contribution in [0.1, 0.15) is 31.7 Å². The molecule has 1 N–H and O–H groups in total. The second kappa shape index (κ2) is 10.4. The zero-order valence-electron chi connectivity index (χ0n) is 18.1. The van der Waals surface area contributed by atoms with Crippen molar-refractivity contribution >= 4 is 34.8 Å². The van der Waals surface area contributed by atoms with E-state index in [1.165, 1.54) is 0 Å². The fraction of sp³-hybridized carbons (Fsp3) is 0.348. The third-order valence-corrected chi connectivity index (χ3v) is 6.08. The summed E-state index contributed by atoms with van der Waals surface area (Å²) in [5.74, 6) is 1.52. The Hall–Kier alpha value is -3.20. The van der Waals surface area contributed by atoms with Crippen LogP contribution in [0, 0.1) is 0 Å². The second-order valence-electron chi connectivity index (χ2n) is 7.66. The summed E-state index contributed by atoms with van der Waals surface area (Å²) in [4.78, 5) is 15.6. The van der Waals surface area contributed by atoms with Crippen molar-refractivity contribution in [1.82, 2.24) is 15.3 Å². The molecular weight excluding hydrogens is 422 g/mol. The molecule has 2 aliphatic heterocycles. The molecule has 166 valence electrons. The van der Waals surface area contributed by atoms with Gasteiger partial charge < -0.3 is 10.2 Å². The molecule has 0 bridgehead atoms. The Kier molecular flexibility index (Phi) is 7.16. The maximum absolute atomic E-state index is 12.2. The third kappa shape index (κ3) is 5.16. The van der Waals surface area contributed by atoms with Crippen molar-refractivity contribution in [3.63, 3.8) is 0 Å². The quantitative estimate of drug-likeness (QED) is 0.601. The lowest BCUT2D eigenvalue weighted by molar-refractivity contribution is 0.588. The lowest BCUT2D eigenvalue weighted by Crippen LogP contribution is -2.44. The van der Waals surface area contributed by atoms with E-state index in [-0.39, 0.29) is 0 Å². The SMILES string of the molecule is CCCN(CCCC1(C2=NS(=O)N=C2NCc2ccncc2)C=CC=N1)c1ccccn1. The number of aliphatic imine (C=N–C) groups is 1. The molecule has 8 nitrogen and oxygen atoms in total. The highest BCUT2D eigenvalue weighted by atomic mass is 32.2. The van der Waals surface area contributed by atoms with Crippen LogP contribution in [-0.2, 0) is 17.7 Å². The smallest absolute Gasteiger partial charge is 0.268 e. The Morgan fingerprint density at radius 2 is 1.97 bits per heavy atom. The van der Waals surface area contributed by atoms with Crippen molar-refractivity contribution in [3.8, 4) is 0 Å². The van der Waals surface area contributed by atoms with E-state index >= 15 is 0 Å². The van der Waals surface area contributed by atoms with Crippen LogP contribution in [0.15, 0.2) is 74.9 Å². The highest BCUT2D eigenvalue weighted by Crippen LogP contribution is 2.29. The van der Waals surface area contributed by atoms with E-state index in [1.54, 1.807) is 18.6 Å². The molecule has 2 atom stereocenters. The van der Waals surface area contributed by atoms with Gasteiger partial charge in [-0.3, -0.25) is 9.98 Å². The minimum Gasteiger partial charge on any atom is -0.364 e. The average Bonchev–Trinajstić information content (AvgIpc) is 3.46. The van der Waals surface area contributed by atoms with Gasteiger partial charge in [0, 0.05) is 44.4 Å². The Labute approximate surface area is 191 Å². The molecule has 2 aromatic rings. The summed E-state index contributed by atoms with van der Waals surface area (Å²) in [6.45, 7) is 4.50. The summed E-state index contributed by atoms with van der Waals surface area (Å²) in [6.07, 6.45) is 13.7. The summed E-state index contributed by atoms with van der Waals surface area (Å²) >= 11 is -1.64. The molecule has 0 saturated carbocycles. The predicted molar refractivity (Wildman–Crippen MR) is 130 cm³/mol. The largest absolute Gasteiger partial charge is 0.364 e. The molecule has 0 amide bonds. The van der Waals surface area contributed by atoms with Gasteiger partial charge in [-0.2, -0.15) is 4.40 Å². The molecule has 32 heavy (non-hydrogen) atoms. The van der Waals surface area contributed by atoms with E-state index in [9.17, 15) is 4.21 Å². The molecule has 0 fully saturated rings. The number of anilines is 1. The number of nitrogens with one attached hydrogen (secondary N) is 1. The van der Waals surface area contributed by atoms with Crippen LogP contribution in [0.2, 0.25) is 0 Å². The standard InChI is InChI=1S/C23H27N7OS/c1-2-16-30(20-7-3-4-12-25-20)17-6-11-23(10-5-13-27-23)21-22(29-32(31)28-21)26-18-19-8-14-24-15-9-19/h3-5,7-10,12-15H,2,6,11,16-18H2,1H3,(H,26,29). The van der Waals surface area contributed by atoms with Gasteiger partial charge in [-0.15, -0.1) is 4.40 Å². The normalized spacial score (nSPS) is 21.5.